The summed E-state index contributed by atoms with van der Waals surface area (Å²) < 4.78 is 4.99. The number of nitrogens with one attached hydrogen (secondary N) is 1. The molecule has 0 aliphatic heterocycles. The van der Waals surface area contributed by atoms with E-state index in [-0.39, 0.29) is 11.9 Å². The Hall–Kier alpha value is -1.55. The Balaban J connectivity index is 2.51. The van der Waals surface area contributed by atoms with Crippen LogP contribution in [0.2, 0.25) is 0 Å². The van der Waals surface area contributed by atoms with Gasteiger partial charge in [-0.3, -0.25) is 4.79 Å². The molecule has 0 saturated heterocycles. The maximum absolute atomic E-state index is 11.9. The number of amides is 1. The van der Waals surface area contributed by atoms with Crippen LogP contribution in [0.4, 0.5) is 5.69 Å². The lowest BCUT2D eigenvalue weighted by molar-refractivity contribution is -0.120. The number of rotatable bonds is 7. The van der Waals surface area contributed by atoms with Crippen molar-refractivity contribution in [3.8, 4) is 0 Å². The minimum Gasteiger partial charge on any atom is -0.383 e. The number of hydrogen-bond acceptors (Lipinski definition) is 3. The zero-order chi connectivity index (χ0) is 13.4. The summed E-state index contributed by atoms with van der Waals surface area (Å²) in [5, 5.41) is 2.91. The van der Waals surface area contributed by atoms with Gasteiger partial charge in [-0.15, -0.1) is 0 Å². The molecule has 4 nitrogen and oxygen atoms in total. The summed E-state index contributed by atoms with van der Waals surface area (Å²) in [5.41, 5.74) is 1.06. The molecule has 1 aromatic rings. The summed E-state index contributed by atoms with van der Waals surface area (Å²) in [7, 11) is 1.63. The molecule has 0 aromatic heterocycles. The van der Waals surface area contributed by atoms with Crippen LogP contribution >= 0.6 is 0 Å². The van der Waals surface area contributed by atoms with Crippen LogP contribution in [0.15, 0.2) is 30.3 Å². The van der Waals surface area contributed by atoms with Crippen LogP contribution in [0, 0.1) is 0 Å². The smallest absolute Gasteiger partial charge is 0.239 e. The third-order valence-electron chi connectivity index (χ3n) is 2.66. The van der Waals surface area contributed by atoms with Crippen LogP contribution in [-0.2, 0) is 9.53 Å². The van der Waals surface area contributed by atoms with Gasteiger partial charge in [0.1, 0.15) is 0 Å². The predicted octanol–water partition coefficient (Wildman–Crippen LogP) is 1.66. The summed E-state index contributed by atoms with van der Waals surface area (Å²) in [5.74, 6) is 0.0188. The SMILES string of the molecule is CCN(CC(=O)NC(C)COC)c1ccccc1. The topological polar surface area (TPSA) is 41.6 Å². The van der Waals surface area contributed by atoms with Crippen LogP contribution in [0.25, 0.3) is 0 Å². The number of carbonyl (C=O) groups is 1. The molecule has 1 unspecified atom stereocenters. The van der Waals surface area contributed by atoms with Gasteiger partial charge in [0.05, 0.1) is 13.2 Å². The number of anilines is 1. The second-order valence-electron chi connectivity index (χ2n) is 4.27. The fourth-order valence-electron chi connectivity index (χ4n) is 1.81. The highest BCUT2D eigenvalue weighted by molar-refractivity contribution is 5.81. The summed E-state index contributed by atoms with van der Waals surface area (Å²) in [4.78, 5) is 13.9. The van der Waals surface area contributed by atoms with Crippen LogP contribution in [-0.4, -0.2) is 38.8 Å². The van der Waals surface area contributed by atoms with Crippen molar-refractivity contribution < 1.29 is 9.53 Å². The molecule has 18 heavy (non-hydrogen) atoms. The molecule has 1 amide bonds. The van der Waals surface area contributed by atoms with E-state index in [1.165, 1.54) is 0 Å². The Bertz CT molecular complexity index is 354. The van der Waals surface area contributed by atoms with E-state index in [2.05, 4.69) is 5.32 Å². The first-order valence-electron chi connectivity index (χ1n) is 6.25. The number of hydrogen-bond donors (Lipinski definition) is 1. The average Bonchev–Trinajstić information content (AvgIpc) is 2.37. The normalized spacial score (nSPS) is 11.9. The van der Waals surface area contributed by atoms with Gasteiger partial charge in [0.25, 0.3) is 0 Å². The number of likely N-dealkylation sites (N-methyl/N-ethyl adjacent to an activating group) is 1. The highest BCUT2D eigenvalue weighted by Crippen LogP contribution is 2.11. The van der Waals surface area contributed by atoms with E-state index in [1.807, 2.05) is 49.1 Å². The highest BCUT2D eigenvalue weighted by atomic mass is 16.5. The molecule has 0 radical (unpaired) electrons. The van der Waals surface area contributed by atoms with Crippen LogP contribution in [0.5, 0.6) is 0 Å². The van der Waals surface area contributed by atoms with Crippen molar-refractivity contribution in [2.24, 2.45) is 0 Å². The van der Waals surface area contributed by atoms with E-state index < -0.39 is 0 Å². The van der Waals surface area contributed by atoms with Crippen LogP contribution in [0.3, 0.4) is 0 Å². The second-order valence-corrected chi connectivity index (χ2v) is 4.27. The first kappa shape index (κ1) is 14.5. The van der Waals surface area contributed by atoms with E-state index in [1.54, 1.807) is 7.11 Å². The molecule has 1 N–H and O–H groups in total. The molecule has 0 spiro atoms. The zero-order valence-electron chi connectivity index (χ0n) is 11.3. The average molecular weight is 250 g/mol. The van der Waals surface area contributed by atoms with Gasteiger partial charge in [0, 0.05) is 25.4 Å². The summed E-state index contributed by atoms with van der Waals surface area (Å²) in [6.45, 7) is 5.67. The minimum absolute atomic E-state index is 0.0188. The Morgan fingerprint density at radius 3 is 2.61 bits per heavy atom. The molecular formula is C14H22N2O2. The lowest BCUT2D eigenvalue weighted by Crippen LogP contribution is -2.42. The van der Waals surface area contributed by atoms with Gasteiger partial charge in [-0.25, -0.2) is 0 Å². The summed E-state index contributed by atoms with van der Waals surface area (Å²) in [6, 6.07) is 9.98. The molecule has 1 rings (SSSR count). The maximum atomic E-state index is 11.9. The largest absolute Gasteiger partial charge is 0.383 e. The molecular weight excluding hydrogens is 228 g/mol. The lowest BCUT2D eigenvalue weighted by atomic mass is 10.2. The summed E-state index contributed by atoms with van der Waals surface area (Å²) in [6.07, 6.45) is 0. The van der Waals surface area contributed by atoms with Crippen molar-refractivity contribution in [3.63, 3.8) is 0 Å². The van der Waals surface area contributed by atoms with Crippen LogP contribution < -0.4 is 10.2 Å². The lowest BCUT2D eigenvalue weighted by Gasteiger charge is -2.23. The molecule has 100 valence electrons. The monoisotopic (exact) mass is 250 g/mol. The number of carbonyl (C=O) groups excluding carboxylic acids is 1. The first-order chi connectivity index (χ1) is 8.67. The number of para-hydroxylation sites is 1. The Morgan fingerprint density at radius 2 is 2.06 bits per heavy atom. The van der Waals surface area contributed by atoms with Crippen molar-refractivity contribution in [2.45, 2.75) is 19.9 Å². The second kappa shape index (κ2) is 7.71. The number of nitrogens with zero attached hydrogens (tertiary/aromatic N) is 1. The molecule has 0 bridgehead atoms. The molecule has 0 aliphatic carbocycles. The van der Waals surface area contributed by atoms with Crippen molar-refractivity contribution in [1.29, 1.82) is 0 Å². The zero-order valence-corrected chi connectivity index (χ0v) is 11.3. The summed E-state index contributed by atoms with van der Waals surface area (Å²) >= 11 is 0. The molecule has 0 aliphatic rings. The molecule has 4 heteroatoms. The Kier molecular flexibility index (Phi) is 6.22. The Labute approximate surface area is 109 Å². The fraction of sp³-hybridized carbons (Fsp3) is 0.500. The number of ether oxygens (including phenoxy) is 1. The van der Waals surface area contributed by atoms with E-state index in [4.69, 9.17) is 4.74 Å². The van der Waals surface area contributed by atoms with E-state index in [9.17, 15) is 4.79 Å². The van der Waals surface area contributed by atoms with Crippen molar-refractivity contribution in [1.82, 2.24) is 5.32 Å². The molecule has 1 atom stereocenters. The quantitative estimate of drug-likeness (QED) is 0.800. The van der Waals surface area contributed by atoms with Gasteiger partial charge >= 0.3 is 0 Å². The van der Waals surface area contributed by atoms with Gasteiger partial charge in [0.2, 0.25) is 5.91 Å². The van der Waals surface area contributed by atoms with Gasteiger partial charge in [-0.1, -0.05) is 18.2 Å². The molecule has 0 heterocycles. The first-order valence-corrected chi connectivity index (χ1v) is 6.25. The molecule has 0 fully saturated rings. The van der Waals surface area contributed by atoms with E-state index in [0.29, 0.717) is 13.2 Å². The van der Waals surface area contributed by atoms with Gasteiger partial charge in [-0.05, 0) is 26.0 Å². The van der Waals surface area contributed by atoms with Gasteiger partial charge in [-0.2, -0.15) is 0 Å². The Morgan fingerprint density at radius 1 is 1.39 bits per heavy atom. The van der Waals surface area contributed by atoms with Crippen molar-refractivity contribution >= 4 is 11.6 Å². The third-order valence-corrected chi connectivity index (χ3v) is 2.66. The van der Waals surface area contributed by atoms with Crippen molar-refractivity contribution in [3.05, 3.63) is 30.3 Å². The predicted molar refractivity (Wildman–Crippen MR) is 73.8 cm³/mol. The molecule has 0 saturated carbocycles. The van der Waals surface area contributed by atoms with Crippen LogP contribution in [0.1, 0.15) is 13.8 Å². The fourth-order valence-corrected chi connectivity index (χ4v) is 1.81. The standard InChI is InChI=1S/C14H22N2O2/c1-4-16(13-8-6-5-7-9-13)10-14(17)15-12(2)11-18-3/h5-9,12H,4,10-11H2,1-3H3,(H,15,17). The maximum Gasteiger partial charge on any atom is 0.239 e. The van der Waals surface area contributed by atoms with E-state index in [0.717, 1.165) is 12.2 Å². The highest BCUT2D eigenvalue weighted by Gasteiger charge is 2.11. The number of benzene rings is 1. The minimum atomic E-state index is 0.0188. The van der Waals surface area contributed by atoms with Crippen molar-refractivity contribution in [2.75, 3.05) is 31.7 Å². The van der Waals surface area contributed by atoms with E-state index >= 15 is 0 Å². The van der Waals surface area contributed by atoms with Gasteiger partial charge in [0.15, 0.2) is 0 Å². The molecule has 1 aromatic carbocycles. The third kappa shape index (κ3) is 4.75. The number of methoxy groups -OCH3 is 1. The van der Waals surface area contributed by atoms with Gasteiger partial charge < -0.3 is 15.0 Å².